The third-order valence-corrected chi connectivity index (χ3v) is 4.23. The number of nitro benzene ring substituents is 1. The Kier molecular flexibility index (Phi) is 6.01. The lowest BCUT2D eigenvalue weighted by molar-refractivity contribution is -0.385. The number of nitrogens with zero attached hydrogens (tertiary/aromatic N) is 3. The van der Waals surface area contributed by atoms with E-state index in [0.29, 0.717) is 43.3 Å². The molecule has 1 aliphatic heterocycles. The number of hydrogen-bond acceptors (Lipinski definition) is 5. The Labute approximate surface area is 146 Å². The first-order valence-corrected chi connectivity index (χ1v) is 8.27. The summed E-state index contributed by atoms with van der Waals surface area (Å²) in [6, 6.07) is 3.14. The molecule has 0 spiro atoms. The van der Waals surface area contributed by atoms with Crippen molar-refractivity contribution in [2.45, 2.75) is 33.4 Å². The Balaban J connectivity index is 1.99. The van der Waals surface area contributed by atoms with Gasteiger partial charge in [0.05, 0.1) is 11.0 Å². The summed E-state index contributed by atoms with van der Waals surface area (Å²) in [7, 11) is 0. The van der Waals surface area contributed by atoms with Crippen LogP contribution in [0.15, 0.2) is 12.1 Å². The number of amides is 1. The van der Waals surface area contributed by atoms with E-state index in [1.807, 2.05) is 13.8 Å². The van der Waals surface area contributed by atoms with E-state index in [-0.39, 0.29) is 17.9 Å². The average molecular weight is 356 g/mol. The largest absolute Gasteiger partial charge is 0.447 e. The highest BCUT2D eigenvalue weighted by molar-refractivity contribution is 6.30. The van der Waals surface area contributed by atoms with E-state index in [9.17, 15) is 14.9 Å². The zero-order valence-electron chi connectivity index (χ0n) is 14.1. The van der Waals surface area contributed by atoms with Gasteiger partial charge in [-0.2, -0.15) is 0 Å². The molecule has 8 heteroatoms. The minimum atomic E-state index is -0.412. The Bertz CT molecular complexity index is 628. The molecular formula is C16H22ClN3O4. The van der Waals surface area contributed by atoms with Gasteiger partial charge in [0.1, 0.15) is 0 Å². The van der Waals surface area contributed by atoms with Crippen LogP contribution in [-0.2, 0) is 11.3 Å². The lowest BCUT2D eigenvalue weighted by Crippen LogP contribution is -2.48. The van der Waals surface area contributed by atoms with Crippen LogP contribution in [0.3, 0.4) is 0 Å². The van der Waals surface area contributed by atoms with Gasteiger partial charge < -0.3 is 9.64 Å². The zero-order chi connectivity index (χ0) is 17.9. The third kappa shape index (κ3) is 4.58. The van der Waals surface area contributed by atoms with Crippen LogP contribution in [0.1, 0.15) is 25.0 Å². The summed E-state index contributed by atoms with van der Waals surface area (Å²) in [5.41, 5.74) is 1.51. The van der Waals surface area contributed by atoms with Gasteiger partial charge in [-0.15, -0.1) is 0 Å². The molecule has 7 nitrogen and oxygen atoms in total. The molecule has 0 saturated carbocycles. The lowest BCUT2D eigenvalue weighted by atomic mass is 10.1. The van der Waals surface area contributed by atoms with E-state index < -0.39 is 4.92 Å². The molecular weight excluding hydrogens is 334 g/mol. The van der Waals surface area contributed by atoms with Gasteiger partial charge in [-0.25, -0.2) is 4.79 Å². The average Bonchev–Trinajstić information content (AvgIpc) is 2.50. The number of benzene rings is 1. The monoisotopic (exact) mass is 355 g/mol. The molecule has 132 valence electrons. The highest BCUT2D eigenvalue weighted by atomic mass is 35.5. The van der Waals surface area contributed by atoms with Crippen molar-refractivity contribution in [1.29, 1.82) is 0 Å². The number of halogens is 1. The van der Waals surface area contributed by atoms with Crippen molar-refractivity contribution in [1.82, 2.24) is 9.80 Å². The number of rotatable bonds is 4. The number of piperazine rings is 1. The smallest absolute Gasteiger partial charge is 0.410 e. The maximum absolute atomic E-state index is 11.9. The molecule has 1 heterocycles. The Morgan fingerprint density at radius 2 is 1.96 bits per heavy atom. The van der Waals surface area contributed by atoms with Crippen LogP contribution in [0.4, 0.5) is 10.5 Å². The second-order valence-corrected chi connectivity index (χ2v) is 6.60. The summed E-state index contributed by atoms with van der Waals surface area (Å²) in [6.07, 6.45) is -0.426. The van der Waals surface area contributed by atoms with Crippen LogP contribution in [0.25, 0.3) is 0 Å². The number of ether oxygens (including phenoxy) is 1. The van der Waals surface area contributed by atoms with Gasteiger partial charge in [0.15, 0.2) is 0 Å². The van der Waals surface area contributed by atoms with E-state index >= 15 is 0 Å². The van der Waals surface area contributed by atoms with E-state index in [0.717, 1.165) is 5.56 Å². The molecule has 1 aromatic rings. The molecule has 0 N–H and O–H groups in total. The topological polar surface area (TPSA) is 75.9 Å². The quantitative estimate of drug-likeness (QED) is 0.612. The molecule has 1 aliphatic rings. The van der Waals surface area contributed by atoms with E-state index in [1.54, 1.807) is 17.9 Å². The number of carbonyl (C=O) groups is 1. The zero-order valence-corrected chi connectivity index (χ0v) is 14.9. The van der Waals surface area contributed by atoms with Gasteiger partial charge in [0, 0.05) is 49.4 Å². The molecule has 2 rings (SSSR count). The van der Waals surface area contributed by atoms with Gasteiger partial charge >= 0.3 is 6.09 Å². The van der Waals surface area contributed by atoms with Crippen LogP contribution in [-0.4, -0.2) is 53.1 Å². The molecule has 0 aliphatic carbocycles. The van der Waals surface area contributed by atoms with Crippen molar-refractivity contribution in [3.63, 3.8) is 0 Å². The fourth-order valence-electron chi connectivity index (χ4n) is 2.68. The fourth-order valence-corrected chi connectivity index (χ4v) is 2.91. The second-order valence-electron chi connectivity index (χ2n) is 6.16. The fraction of sp³-hybridized carbons (Fsp3) is 0.562. The van der Waals surface area contributed by atoms with Crippen molar-refractivity contribution < 1.29 is 14.5 Å². The number of carbonyl (C=O) groups excluding carboxylic acids is 1. The predicted molar refractivity (Wildman–Crippen MR) is 91.3 cm³/mol. The van der Waals surface area contributed by atoms with Crippen LogP contribution < -0.4 is 0 Å². The summed E-state index contributed by atoms with van der Waals surface area (Å²) in [4.78, 5) is 26.4. The molecule has 0 bridgehead atoms. The number of nitro groups is 1. The summed E-state index contributed by atoms with van der Waals surface area (Å²) in [6.45, 7) is 8.48. The van der Waals surface area contributed by atoms with Gasteiger partial charge in [-0.1, -0.05) is 11.6 Å². The van der Waals surface area contributed by atoms with Crippen molar-refractivity contribution in [2.75, 3.05) is 26.2 Å². The van der Waals surface area contributed by atoms with Gasteiger partial charge in [0.2, 0.25) is 0 Å². The Morgan fingerprint density at radius 1 is 1.33 bits per heavy atom. The first-order chi connectivity index (χ1) is 11.3. The molecule has 1 fully saturated rings. The molecule has 1 aromatic carbocycles. The van der Waals surface area contributed by atoms with E-state index in [4.69, 9.17) is 16.3 Å². The maximum atomic E-state index is 11.9. The van der Waals surface area contributed by atoms with Crippen molar-refractivity contribution in [3.05, 3.63) is 38.4 Å². The SMILES string of the molecule is Cc1c(CN2CCN(C(=O)OC(C)C)CC2)cc(Cl)cc1[N+](=O)[O-]. The van der Waals surface area contributed by atoms with Crippen molar-refractivity contribution >= 4 is 23.4 Å². The maximum Gasteiger partial charge on any atom is 0.410 e. The van der Waals surface area contributed by atoms with Crippen LogP contribution in [0.2, 0.25) is 5.02 Å². The summed E-state index contributed by atoms with van der Waals surface area (Å²) in [5.74, 6) is 0. The summed E-state index contributed by atoms with van der Waals surface area (Å²) < 4.78 is 5.20. The van der Waals surface area contributed by atoms with Crippen molar-refractivity contribution in [3.8, 4) is 0 Å². The summed E-state index contributed by atoms with van der Waals surface area (Å²) in [5, 5.41) is 11.5. The molecule has 1 amide bonds. The first kappa shape index (κ1) is 18.5. The molecule has 0 atom stereocenters. The normalized spacial score (nSPS) is 15.6. The molecule has 0 aromatic heterocycles. The van der Waals surface area contributed by atoms with Crippen LogP contribution in [0.5, 0.6) is 0 Å². The predicted octanol–water partition coefficient (Wildman–Crippen LogP) is 3.22. The van der Waals surface area contributed by atoms with Crippen LogP contribution >= 0.6 is 11.6 Å². The summed E-state index contributed by atoms with van der Waals surface area (Å²) >= 11 is 6.00. The minimum absolute atomic E-state index is 0.0386. The highest BCUT2D eigenvalue weighted by Crippen LogP contribution is 2.27. The minimum Gasteiger partial charge on any atom is -0.447 e. The lowest BCUT2D eigenvalue weighted by Gasteiger charge is -2.34. The Morgan fingerprint density at radius 3 is 2.50 bits per heavy atom. The third-order valence-electron chi connectivity index (χ3n) is 4.01. The standard InChI is InChI=1S/C16H22ClN3O4/c1-11(2)24-16(21)19-6-4-18(5-7-19)10-13-8-14(17)9-15(12(13)3)20(22)23/h8-9,11H,4-7,10H2,1-3H3. The molecule has 0 radical (unpaired) electrons. The van der Waals surface area contributed by atoms with Gasteiger partial charge in [-0.05, 0) is 32.4 Å². The van der Waals surface area contributed by atoms with E-state index in [2.05, 4.69) is 4.90 Å². The Hall–Kier alpha value is -1.86. The van der Waals surface area contributed by atoms with E-state index in [1.165, 1.54) is 6.07 Å². The highest BCUT2D eigenvalue weighted by Gasteiger charge is 2.24. The molecule has 0 unspecified atom stereocenters. The molecule has 24 heavy (non-hydrogen) atoms. The first-order valence-electron chi connectivity index (χ1n) is 7.89. The molecule has 1 saturated heterocycles. The van der Waals surface area contributed by atoms with Crippen molar-refractivity contribution in [2.24, 2.45) is 0 Å². The second kappa shape index (κ2) is 7.81. The number of hydrogen-bond donors (Lipinski definition) is 0. The van der Waals surface area contributed by atoms with Gasteiger partial charge in [0.25, 0.3) is 5.69 Å². The van der Waals surface area contributed by atoms with Crippen LogP contribution in [0, 0.1) is 17.0 Å². The van der Waals surface area contributed by atoms with Gasteiger partial charge in [-0.3, -0.25) is 15.0 Å².